The first-order valence-corrected chi connectivity index (χ1v) is 19.2. The van der Waals surface area contributed by atoms with E-state index in [-0.39, 0.29) is 40.2 Å². The van der Waals surface area contributed by atoms with Crippen molar-refractivity contribution < 1.29 is 40.2 Å². The average molecular weight is 1120 g/mol. The van der Waals surface area contributed by atoms with Crippen LogP contribution in [0.2, 0.25) is 0 Å². The molecule has 0 aliphatic carbocycles. The van der Waals surface area contributed by atoms with Gasteiger partial charge in [0.05, 0.1) is 0 Å². The Morgan fingerprint density at radius 2 is 0.818 bits per heavy atom. The zero-order valence-electron chi connectivity index (χ0n) is 29.0. The van der Waals surface area contributed by atoms with E-state index in [0.29, 0.717) is 0 Å². The molecule has 7 heterocycles. The van der Waals surface area contributed by atoms with Crippen molar-refractivity contribution in [3.05, 3.63) is 206 Å². The number of fused-ring (bicyclic) bond motifs is 2. The Morgan fingerprint density at radius 3 is 1.22 bits per heavy atom. The Kier molecular flexibility index (Phi) is 16.5. The van der Waals surface area contributed by atoms with Crippen molar-refractivity contribution in [1.82, 2.24) is 19.9 Å². The van der Waals surface area contributed by atoms with Gasteiger partial charge in [0.25, 0.3) is 0 Å². The summed E-state index contributed by atoms with van der Waals surface area (Å²) >= 11 is 5.12. The van der Waals surface area contributed by atoms with Crippen LogP contribution in [0.1, 0.15) is 0 Å². The number of pyridine rings is 4. The fourth-order valence-electron chi connectivity index (χ4n) is 5.01. The fraction of sp³-hybridized carbons (Fsp3) is 0. The molecule has 0 atom stereocenters. The molecule has 0 unspecified atom stereocenters. The van der Waals surface area contributed by atoms with Gasteiger partial charge in [0.1, 0.15) is 0 Å². The number of hydrogen-bond donors (Lipinski definition) is 0. The molecule has 4 nitrogen and oxygen atoms in total. The van der Waals surface area contributed by atoms with Crippen LogP contribution in [0.25, 0.3) is 63.1 Å². The molecule has 0 aliphatic heterocycles. The van der Waals surface area contributed by atoms with E-state index < -0.39 is 0 Å². The number of hydrogen-bond acceptors (Lipinski definition) is 7. The SMILES string of the molecule is [Ir].[Ir].[c-]1c(-c2ccccn2)sc2ccccc12.[c-]1c(-c2ccccn2)sc2ccccc12.[c-]1ccccc1-c1ccccn1.[c-]1ccsc1-c1ccccn1. The van der Waals surface area contributed by atoms with E-state index in [1.165, 1.54) is 20.2 Å². The van der Waals surface area contributed by atoms with Crippen LogP contribution < -0.4 is 0 Å². The summed E-state index contributed by atoms with van der Waals surface area (Å²) in [4.78, 5) is 20.4. The van der Waals surface area contributed by atoms with Crippen LogP contribution in [0, 0.1) is 24.3 Å². The topological polar surface area (TPSA) is 51.6 Å². The molecule has 274 valence electrons. The van der Waals surface area contributed by atoms with Crippen LogP contribution in [0.3, 0.4) is 0 Å². The molecule has 2 radical (unpaired) electrons. The Hall–Kier alpha value is -4.82. The van der Waals surface area contributed by atoms with Crippen LogP contribution in [0.5, 0.6) is 0 Å². The maximum Gasteiger partial charge on any atom is 0.0161 e. The van der Waals surface area contributed by atoms with Crippen LogP contribution in [0.4, 0.5) is 0 Å². The van der Waals surface area contributed by atoms with Gasteiger partial charge < -0.3 is 19.9 Å². The Labute approximate surface area is 360 Å². The van der Waals surface area contributed by atoms with Crippen molar-refractivity contribution in [3.8, 4) is 43.0 Å². The zero-order chi connectivity index (χ0) is 35.9. The summed E-state index contributed by atoms with van der Waals surface area (Å²) < 4.78 is 2.52. The third kappa shape index (κ3) is 11.8. The van der Waals surface area contributed by atoms with Crippen LogP contribution in [-0.2, 0) is 40.2 Å². The second kappa shape index (κ2) is 21.9. The van der Waals surface area contributed by atoms with Gasteiger partial charge in [0.2, 0.25) is 0 Å². The average Bonchev–Trinajstić information content (AvgIpc) is 4.04. The van der Waals surface area contributed by atoms with E-state index in [4.69, 9.17) is 0 Å². The van der Waals surface area contributed by atoms with E-state index >= 15 is 0 Å². The summed E-state index contributed by atoms with van der Waals surface area (Å²) in [6.07, 6.45) is 7.21. The summed E-state index contributed by atoms with van der Waals surface area (Å²) in [6, 6.07) is 62.9. The summed E-state index contributed by atoms with van der Waals surface area (Å²) in [6.45, 7) is 0. The fourth-order valence-corrected chi connectivity index (χ4v) is 7.63. The molecule has 7 aromatic heterocycles. The van der Waals surface area contributed by atoms with Crippen LogP contribution in [-0.4, -0.2) is 19.9 Å². The molecule has 0 amide bonds. The first-order chi connectivity index (χ1) is 26.3. The minimum Gasteiger partial charge on any atom is -0.319 e. The van der Waals surface area contributed by atoms with Crippen LogP contribution >= 0.6 is 34.0 Å². The molecule has 0 N–H and O–H groups in total. The van der Waals surface area contributed by atoms with E-state index in [9.17, 15) is 0 Å². The molecular formula is C46H30Ir2N4S3-4. The molecule has 0 bridgehead atoms. The first-order valence-electron chi connectivity index (χ1n) is 16.7. The molecule has 0 fully saturated rings. The van der Waals surface area contributed by atoms with Crippen molar-refractivity contribution in [2.24, 2.45) is 0 Å². The molecule has 3 aromatic carbocycles. The quantitative estimate of drug-likeness (QED) is 0.165. The maximum absolute atomic E-state index is 4.32. The van der Waals surface area contributed by atoms with Gasteiger partial charge in [-0.3, -0.25) is 0 Å². The van der Waals surface area contributed by atoms with Gasteiger partial charge in [-0.1, -0.05) is 77.7 Å². The van der Waals surface area contributed by atoms with E-state index in [0.717, 1.165) is 43.0 Å². The second-order valence-electron chi connectivity index (χ2n) is 11.1. The van der Waals surface area contributed by atoms with Gasteiger partial charge in [0.15, 0.2) is 0 Å². The Balaban J connectivity index is 0.000000140. The van der Waals surface area contributed by atoms with Crippen molar-refractivity contribution in [2.45, 2.75) is 0 Å². The molecule has 55 heavy (non-hydrogen) atoms. The second-order valence-corrected chi connectivity index (χ2v) is 14.2. The largest absolute Gasteiger partial charge is 0.319 e. The molecule has 0 saturated carbocycles. The molecule has 0 saturated heterocycles. The number of aromatic nitrogens is 4. The normalized spacial score (nSPS) is 9.89. The number of thiophene rings is 3. The summed E-state index contributed by atoms with van der Waals surface area (Å²) in [5.74, 6) is 0. The predicted octanol–water partition coefficient (Wildman–Crippen LogP) is 12.7. The third-order valence-corrected chi connectivity index (χ3v) is 10.5. The van der Waals surface area contributed by atoms with Gasteiger partial charge in [-0.15, -0.1) is 88.4 Å². The molecule has 0 spiro atoms. The third-order valence-electron chi connectivity index (χ3n) is 7.51. The molecule has 9 heteroatoms. The summed E-state index contributed by atoms with van der Waals surface area (Å²) in [5.41, 5.74) is 5.01. The molecular weight excluding hydrogens is 1090 g/mol. The van der Waals surface area contributed by atoms with Gasteiger partial charge in [-0.2, -0.15) is 12.1 Å². The Morgan fingerprint density at radius 1 is 0.382 bits per heavy atom. The standard InChI is InChI=1S/2C13H8NS.C11H8N.C9H6NS.2Ir/c2*1-2-7-12-10(5-1)9-13(15-12)11-6-3-4-8-14-11;1-2-6-10(7-3-1)11-8-4-5-9-12-11;1-2-6-10-8(4-1)9-5-3-7-11-9;;/h2*1-8H;1-6,8-9H;1-4,6-7H;;/q4*-1;;. The van der Waals surface area contributed by atoms with E-state index in [1.54, 1.807) is 46.4 Å². The molecule has 0 aliphatic rings. The van der Waals surface area contributed by atoms with Gasteiger partial charge in [-0.05, 0) is 54.8 Å². The van der Waals surface area contributed by atoms with Crippen molar-refractivity contribution >= 4 is 54.2 Å². The monoisotopic (exact) mass is 1120 g/mol. The molecule has 10 rings (SSSR count). The molecule has 10 aromatic rings. The van der Waals surface area contributed by atoms with Gasteiger partial charge in [0, 0.05) is 76.4 Å². The minimum atomic E-state index is 0. The number of rotatable bonds is 4. The minimum absolute atomic E-state index is 0. The van der Waals surface area contributed by atoms with Gasteiger partial charge >= 0.3 is 0 Å². The van der Waals surface area contributed by atoms with Crippen LogP contribution in [0.15, 0.2) is 182 Å². The number of benzene rings is 3. The van der Waals surface area contributed by atoms with Crippen molar-refractivity contribution in [1.29, 1.82) is 0 Å². The maximum atomic E-state index is 4.32. The summed E-state index contributed by atoms with van der Waals surface area (Å²) in [5, 5.41) is 4.34. The summed E-state index contributed by atoms with van der Waals surface area (Å²) in [7, 11) is 0. The van der Waals surface area contributed by atoms with Crippen molar-refractivity contribution in [3.63, 3.8) is 0 Å². The van der Waals surface area contributed by atoms with E-state index in [2.05, 4.69) is 80.6 Å². The van der Waals surface area contributed by atoms with Gasteiger partial charge in [-0.25, -0.2) is 34.0 Å². The van der Waals surface area contributed by atoms with E-state index in [1.807, 2.05) is 133 Å². The first kappa shape index (κ1) is 41.3. The van der Waals surface area contributed by atoms with Crippen molar-refractivity contribution in [2.75, 3.05) is 0 Å². The zero-order valence-corrected chi connectivity index (χ0v) is 36.2. The number of nitrogens with zero attached hydrogens (tertiary/aromatic N) is 4. The smallest absolute Gasteiger partial charge is 0.0161 e. The Bertz CT molecular complexity index is 2340. The predicted molar refractivity (Wildman–Crippen MR) is 223 cm³/mol.